The molecule has 1 aromatic heterocycles. The van der Waals surface area contributed by atoms with Crippen LogP contribution in [0.4, 0.5) is 0 Å². The largest absolute Gasteiger partial charge is 0.342 e. The molecule has 1 atom stereocenters. The van der Waals surface area contributed by atoms with Crippen LogP contribution < -0.4 is 0 Å². The van der Waals surface area contributed by atoms with Crippen LogP contribution in [0.2, 0.25) is 0 Å². The maximum Gasteiger partial charge on any atom is 0.264 e. The van der Waals surface area contributed by atoms with Gasteiger partial charge in [-0.2, -0.15) is 0 Å². The third-order valence-electron chi connectivity index (χ3n) is 5.50. The van der Waals surface area contributed by atoms with Crippen molar-refractivity contribution < 1.29 is 18.0 Å². The van der Waals surface area contributed by atoms with Gasteiger partial charge in [-0.25, -0.2) is 8.42 Å². The van der Waals surface area contributed by atoms with Crippen molar-refractivity contribution in [2.24, 2.45) is 0 Å². The minimum atomic E-state index is -3.03. The van der Waals surface area contributed by atoms with E-state index < -0.39 is 9.84 Å². The van der Waals surface area contributed by atoms with Gasteiger partial charge in [-0.05, 0) is 23.4 Å². The third-order valence-corrected chi connectivity index (χ3v) is 8.29. The van der Waals surface area contributed by atoms with E-state index in [-0.39, 0.29) is 42.3 Å². The molecule has 27 heavy (non-hydrogen) atoms. The van der Waals surface area contributed by atoms with E-state index in [1.807, 2.05) is 29.2 Å². The van der Waals surface area contributed by atoms with E-state index in [0.29, 0.717) is 18.0 Å². The van der Waals surface area contributed by atoms with Crippen molar-refractivity contribution in [3.05, 3.63) is 34.7 Å². The summed E-state index contributed by atoms with van der Waals surface area (Å²) < 4.78 is 24.5. The van der Waals surface area contributed by atoms with E-state index in [4.69, 9.17) is 0 Å². The van der Waals surface area contributed by atoms with Crippen molar-refractivity contribution in [2.75, 3.05) is 37.7 Å². The molecule has 6 nitrogen and oxygen atoms in total. The molecule has 0 aliphatic carbocycles. The standard InChI is InChI=1S/C19H22N2O4S2/c1-13(22)21-7-6-14(12-21)17-15-4-2-3-5-16(15)26-18(17)19(23)20-8-10-27(24,25)11-9-20/h2-5,14H,6-12H2,1H3/t14-/m0/s1. The highest BCUT2D eigenvalue weighted by Crippen LogP contribution is 2.40. The fourth-order valence-corrected chi connectivity index (χ4v) is 6.43. The summed E-state index contributed by atoms with van der Waals surface area (Å²) in [6.45, 7) is 3.41. The first-order valence-electron chi connectivity index (χ1n) is 9.12. The molecule has 2 fully saturated rings. The maximum absolute atomic E-state index is 13.2. The lowest BCUT2D eigenvalue weighted by molar-refractivity contribution is -0.127. The normalized spacial score (nSPS) is 22.3. The molecule has 2 aromatic rings. The number of carbonyl (C=O) groups excluding carboxylic acids is 2. The number of fused-ring (bicyclic) bond motifs is 1. The van der Waals surface area contributed by atoms with Crippen LogP contribution in [0.25, 0.3) is 10.1 Å². The molecular weight excluding hydrogens is 384 g/mol. The minimum Gasteiger partial charge on any atom is -0.342 e. The Balaban J connectivity index is 1.70. The molecule has 0 bridgehead atoms. The fourth-order valence-electron chi connectivity index (χ4n) is 3.97. The highest BCUT2D eigenvalue weighted by Gasteiger charge is 2.34. The van der Waals surface area contributed by atoms with Crippen molar-refractivity contribution in [2.45, 2.75) is 19.3 Å². The second-order valence-corrected chi connectivity index (χ2v) is 10.6. The number of amides is 2. The summed E-state index contributed by atoms with van der Waals surface area (Å²) in [4.78, 5) is 29.2. The van der Waals surface area contributed by atoms with Crippen LogP contribution >= 0.6 is 11.3 Å². The predicted molar refractivity (Wildman–Crippen MR) is 106 cm³/mol. The fraction of sp³-hybridized carbons (Fsp3) is 0.474. The molecule has 0 unspecified atom stereocenters. The number of rotatable bonds is 2. The molecule has 0 N–H and O–H groups in total. The number of likely N-dealkylation sites (tertiary alicyclic amines) is 1. The van der Waals surface area contributed by atoms with E-state index in [1.54, 1.807) is 11.8 Å². The molecule has 2 aliphatic rings. The summed E-state index contributed by atoms with van der Waals surface area (Å²) in [6.07, 6.45) is 0.842. The Morgan fingerprint density at radius 1 is 1.07 bits per heavy atom. The second kappa shape index (κ2) is 6.91. The zero-order valence-corrected chi connectivity index (χ0v) is 16.8. The average molecular weight is 407 g/mol. The summed E-state index contributed by atoms with van der Waals surface area (Å²) in [5.41, 5.74) is 1.03. The highest BCUT2D eigenvalue weighted by molar-refractivity contribution is 7.91. The second-order valence-electron chi connectivity index (χ2n) is 7.24. The van der Waals surface area contributed by atoms with Crippen molar-refractivity contribution >= 4 is 43.1 Å². The third kappa shape index (κ3) is 3.48. The molecule has 1 aromatic carbocycles. The van der Waals surface area contributed by atoms with Gasteiger partial charge in [0, 0.05) is 43.7 Å². The first-order valence-corrected chi connectivity index (χ1v) is 11.8. The number of nitrogens with zero attached hydrogens (tertiary/aromatic N) is 2. The van der Waals surface area contributed by atoms with Crippen molar-refractivity contribution in [1.29, 1.82) is 0 Å². The molecule has 0 radical (unpaired) electrons. The topological polar surface area (TPSA) is 74.8 Å². The lowest BCUT2D eigenvalue weighted by Crippen LogP contribution is -2.43. The Labute approximate surface area is 162 Å². The SMILES string of the molecule is CC(=O)N1CC[C@H](c2c(C(=O)N3CCS(=O)(=O)CC3)sc3ccccc23)C1. The van der Waals surface area contributed by atoms with Gasteiger partial charge in [-0.3, -0.25) is 9.59 Å². The van der Waals surface area contributed by atoms with E-state index in [1.165, 1.54) is 11.3 Å². The van der Waals surface area contributed by atoms with Gasteiger partial charge in [0.15, 0.2) is 9.84 Å². The Bertz CT molecular complexity index is 998. The molecule has 2 saturated heterocycles. The van der Waals surface area contributed by atoms with Crippen LogP contribution in [-0.4, -0.2) is 67.7 Å². The summed E-state index contributed by atoms with van der Waals surface area (Å²) in [7, 11) is -3.03. The lowest BCUT2D eigenvalue weighted by atomic mass is 9.94. The Hall–Kier alpha value is -1.93. The summed E-state index contributed by atoms with van der Waals surface area (Å²) in [5.74, 6) is 0.173. The Morgan fingerprint density at radius 2 is 1.78 bits per heavy atom. The van der Waals surface area contributed by atoms with Crippen molar-refractivity contribution in [3.8, 4) is 0 Å². The number of hydrogen-bond donors (Lipinski definition) is 0. The highest BCUT2D eigenvalue weighted by atomic mass is 32.2. The molecule has 2 aliphatic heterocycles. The first kappa shape index (κ1) is 18.4. The van der Waals surface area contributed by atoms with Crippen LogP contribution in [0.15, 0.2) is 24.3 Å². The van der Waals surface area contributed by atoms with Crippen LogP contribution in [-0.2, 0) is 14.6 Å². The number of carbonyl (C=O) groups is 2. The van der Waals surface area contributed by atoms with Crippen LogP contribution in [0.5, 0.6) is 0 Å². The van der Waals surface area contributed by atoms with Gasteiger partial charge in [-0.15, -0.1) is 11.3 Å². The average Bonchev–Trinajstić information content (AvgIpc) is 3.25. The molecular formula is C19H22N2O4S2. The quantitative estimate of drug-likeness (QED) is 0.766. The number of sulfone groups is 1. The van der Waals surface area contributed by atoms with Crippen molar-refractivity contribution in [1.82, 2.24) is 9.80 Å². The van der Waals surface area contributed by atoms with Gasteiger partial charge >= 0.3 is 0 Å². The van der Waals surface area contributed by atoms with E-state index in [0.717, 1.165) is 22.1 Å². The van der Waals surface area contributed by atoms with Gasteiger partial charge in [0.2, 0.25) is 5.91 Å². The Kier molecular flexibility index (Phi) is 4.71. The minimum absolute atomic E-state index is 0.0283. The summed E-state index contributed by atoms with van der Waals surface area (Å²) >= 11 is 1.48. The monoisotopic (exact) mass is 406 g/mol. The van der Waals surface area contributed by atoms with Crippen LogP contribution in [0, 0.1) is 0 Å². The van der Waals surface area contributed by atoms with Crippen LogP contribution in [0.3, 0.4) is 0 Å². The van der Waals surface area contributed by atoms with E-state index in [9.17, 15) is 18.0 Å². The van der Waals surface area contributed by atoms with Gasteiger partial charge in [0.25, 0.3) is 5.91 Å². The summed E-state index contributed by atoms with van der Waals surface area (Å²) in [5, 5.41) is 1.07. The number of hydrogen-bond acceptors (Lipinski definition) is 5. The molecule has 0 spiro atoms. The summed E-state index contributed by atoms with van der Waals surface area (Å²) in [6, 6.07) is 7.98. The number of benzene rings is 1. The molecule has 0 saturated carbocycles. The Morgan fingerprint density at radius 3 is 2.44 bits per heavy atom. The molecule has 3 heterocycles. The first-order chi connectivity index (χ1) is 12.9. The molecule has 4 rings (SSSR count). The van der Waals surface area contributed by atoms with E-state index >= 15 is 0 Å². The van der Waals surface area contributed by atoms with Crippen molar-refractivity contribution in [3.63, 3.8) is 0 Å². The lowest BCUT2D eigenvalue weighted by Gasteiger charge is -2.27. The molecule has 144 valence electrons. The van der Waals surface area contributed by atoms with Gasteiger partial charge in [0.1, 0.15) is 0 Å². The maximum atomic E-state index is 13.2. The van der Waals surface area contributed by atoms with Gasteiger partial charge in [0.05, 0.1) is 16.4 Å². The van der Waals surface area contributed by atoms with Crippen LogP contribution in [0.1, 0.15) is 34.5 Å². The zero-order valence-electron chi connectivity index (χ0n) is 15.2. The zero-order chi connectivity index (χ0) is 19.2. The van der Waals surface area contributed by atoms with E-state index in [2.05, 4.69) is 0 Å². The van der Waals surface area contributed by atoms with Gasteiger partial charge in [-0.1, -0.05) is 18.2 Å². The molecule has 8 heteroatoms. The predicted octanol–water partition coefficient (Wildman–Crippen LogP) is 2.11. The van der Waals surface area contributed by atoms with Gasteiger partial charge < -0.3 is 9.80 Å². The number of thiophene rings is 1. The molecule has 2 amide bonds. The smallest absolute Gasteiger partial charge is 0.264 e.